The second-order valence-electron chi connectivity index (χ2n) is 4.09. The van der Waals surface area contributed by atoms with Crippen LogP contribution in [0.3, 0.4) is 0 Å². The summed E-state index contributed by atoms with van der Waals surface area (Å²) < 4.78 is 51.0. The van der Waals surface area contributed by atoms with E-state index in [-0.39, 0.29) is 0 Å². The molecule has 0 spiro atoms. The largest absolute Gasteiger partial charge is 0.388 e. The van der Waals surface area contributed by atoms with E-state index in [4.69, 9.17) is 0 Å². The maximum Gasteiger partial charge on any atom is 0.264 e. The van der Waals surface area contributed by atoms with Gasteiger partial charge in [-0.2, -0.15) is 16.8 Å². The zero-order valence-corrected chi connectivity index (χ0v) is 12.4. The molecule has 0 aliphatic rings. The molecule has 0 aliphatic heterocycles. The van der Waals surface area contributed by atoms with Crippen LogP contribution in [0.25, 0.3) is 0 Å². The molecule has 10 nitrogen and oxygen atoms in total. The molecule has 0 amide bonds. The Hall–Kier alpha value is -0.340. The van der Waals surface area contributed by atoms with E-state index in [1.54, 1.807) is 0 Å². The Morgan fingerprint density at radius 1 is 0.750 bits per heavy atom. The first-order chi connectivity index (χ1) is 8.83. The molecule has 0 bridgehead atoms. The number of aliphatic hydroxyl groups is 4. The Balaban J connectivity index is 4.41. The van der Waals surface area contributed by atoms with E-state index in [0.29, 0.717) is 0 Å². The van der Waals surface area contributed by atoms with Gasteiger partial charge in [-0.15, -0.1) is 0 Å². The fourth-order valence-electron chi connectivity index (χ4n) is 1.04. The summed E-state index contributed by atoms with van der Waals surface area (Å²) in [5.74, 6) is 0. The molecular formula is C8H18O10S2. The SMILES string of the molecule is CS(=O)(=O)OC[C@@H](O)[C@@H](O)[C@H](O)[C@H](O)COS(C)(=O)=O. The van der Waals surface area contributed by atoms with Gasteiger partial charge in [0.05, 0.1) is 25.7 Å². The Morgan fingerprint density at radius 3 is 1.20 bits per heavy atom. The summed E-state index contributed by atoms with van der Waals surface area (Å²) in [4.78, 5) is 0. The molecule has 0 aliphatic carbocycles. The number of rotatable bonds is 9. The van der Waals surface area contributed by atoms with Crippen LogP contribution in [-0.2, 0) is 28.6 Å². The van der Waals surface area contributed by atoms with Crippen molar-refractivity contribution in [3.63, 3.8) is 0 Å². The lowest BCUT2D eigenvalue weighted by Crippen LogP contribution is -2.48. The highest BCUT2D eigenvalue weighted by Gasteiger charge is 2.31. The molecule has 0 aromatic heterocycles. The first-order valence-corrected chi connectivity index (χ1v) is 8.88. The van der Waals surface area contributed by atoms with Gasteiger partial charge in [-0.25, -0.2) is 0 Å². The first-order valence-electron chi connectivity index (χ1n) is 5.24. The highest BCUT2D eigenvalue weighted by Crippen LogP contribution is 2.08. The van der Waals surface area contributed by atoms with E-state index in [0.717, 1.165) is 12.5 Å². The average molecular weight is 338 g/mol. The highest BCUT2D eigenvalue weighted by atomic mass is 32.2. The van der Waals surface area contributed by atoms with Crippen LogP contribution in [0.5, 0.6) is 0 Å². The molecule has 0 radical (unpaired) electrons. The number of hydrogen-bond donors (Lipinski definition) is 4. The summed E-state index contributed by atoms with van der Waals surface area (Å²) in [6, 6.07) is 0. The number of hydrogen-bond acceptors (Lipinski definition) is 10. The normalized spacial score (nSPS) is 19.3. The van der Waals surface area contributed by atoms with Crippen molar-refractivity contribution in [2.24, 2.45) is 0 Å². The van der Waals surface area contributed by atoms with Gasteiger partial charge in [0.15, 0.2) is 0 Å². The van der Waals surface area contributed by atoms with Crippen molar-refractivity contribution >= 4 is 20.2 Å². The van der Waals surface area contributed by atoms with Crippen LogP contribution in [-0.4, -0.2) is 87.4 Å². The van der Waals surface area contributed by atoms with Crippen molar-refractivity contribution in [2.75, 3.05) is 25.7 Å². The van der Waals surface area contributed by atoms with Gasteiger partial charge in [0.25, 0.3) is 20.2 Å². The predicted molar refractivity (Wildman–Crippen MR) is 65.6 cm³/mol. The molecule has 0 rings (SSSR count). The molecular weight excluding hydrogens is 320 g/mol. The maximum atomic E-state index is 10.7. The number of aliphatic hydroxyl groups excluding tert-OH is 4. The van der Waals surface area contributed by atoms with Gasteiger partial charge < -0.3 is 20.4 Å². The lowest BCUT2D eigenvalue weighted by molar-refractivity contribution is -0.118. The summed E-state index contributed by atoms with van der Waals surface area (Å²) in [5, 5.41) is 37.6. The van der Waals surface area contributed by atoms with Gasteiger partial charge >= 0.3 is 0 Å². The topological polar surface area (TPSA) is 168 Å². The second-order valence-corrected chi connectivity index (χ2v) is 7.38. The highest BCUT2D eigenvalue weighted by molar-refractivity contribution is 7.86. The zero-order chi connectivity index (χ0) is 16.1. The minimum absolute atomic E-state index is 0.720. The Morgan fingerprint density at radius 2 is 1.00 bits per heavy atom. The standard InChI is InChI=1S/C8H18O10S2/c1-19(13,14)17-3-5(9)7(11)8(12)6(10)4-18-20(2,15)16/h5-12H,3-4H2,1-2H3/t5-,6-,7-,8-/m1/s1. The van der Waals surface area contributed by atoms with Gasteiger partial charge in [-0.3, -0.25) is 8.37 Å². The summed E-state index contributed by atoms with van der Waals surface area (Å²) in [5.41, 5.74) is 0. The van der Waals surface area contributed by atoms with E-state index in [1.807, 2.05) is 0 Å². The van der Waals surface area contributed by atoms with Crippen molar-refractivity contribution < 1.29 is 45.6 Å². The second kappa shape index (κ2) is 7.61. The monoisotopic (exact) mass is 338 g/mol. The predicted octanol–water partition coefficient (Wildman–Crippen LogP) is -3.62. The molecule has 0 heterocycles. The lowest BCUT2D eigenvalue weighted by Gasteiger charge is -2.25. The summed E-state index contributed by atoms with van der Waals surface area (Å²) >= 11 is 0. The van der Waals surface area contributed by atoms with Gasteiger partial charge in [-0.05, 0) is 0 Å². The molecule has 20 heavy (non-hydrogen) atoms. The smallest absolute Gasteiger partial charge is 0.264 e. The summed E-state index contributed by atoms with van der Waals surface area (Å²) in [7, 11) is -7.69. The van der Waals surface area contributed by atoms with E-state index in [1.165, 1.54) is 0 Å². The third kappa shape index (κ3) is 8.76. The molecule has 4 atom stereocenters. The van der Waals surface area contributed by atoms with Crippen LogP contribution in [0.4, 0.5) is 0 Å². The third-order valence-electron chi connectivity index (χ3n) is 2.04. The van der Waals surface area contributed by atoms with Gasteiger partial charge in [0, 0.05) is 0 Å². The molecule has 0 unspecified atom stereocenters. The average Bonchev–Trinajstić information content (AvgIpc) is 2.29. The molecule has 0 saturated heterocycles. The van der Waals surface area contributed by atoms with Crippen molar-refractivity contribution in [2.45, 2.75) is 24.4 Å². The van der Waals surface area contributed by atoms with Crippen molar-refractivity contribution in [3.8, 4) is 0 Å². The Kier molecular flexibility index (Phi) is 7.48. The fraction of sp³-hybridized carbons (Fsp3) is 1.00. The zero-order valence-electron chi connectivity index (χ0n) is 10.8. The Labute approximate surface area is 116 Å². The minimum atomic E-state index is -3.85. The molecule has 0 saturated carbocycles. The minimum Gasteiger partial charge on any atom is -0.388 e. The van der Waals surface area contributed by atoms with Crippen LogP contribution in [0.2, 0.25) is 0 Å². The van der Waals surface area contributed by atoms with Crippen LogP contribution in [0, 0.1) is 0 Å². The molecule has 0 aromatic carbocycles. The van der Waals surface area contributed by atoms with Gasteiger partial charge in [-0.1, -0.05) is 0 Å². The van der Waals surface area contributed by atoms with E-state index in [2.05, 4.69) is 8.37 Å². The molecule has 4 N–H and O–H groups in total. The third-order valence-corrected chi connectivity index (χ3v) is 3.17. The fourth-order valence-corrected chi connectivity index (χ4v) is 1.81. The van der Waals surface area contributed by atoms with Crippen LogP contribution in [0.15, 0.2) is 0 Å². The molecule has 12 heteroatoms. The van der Waals surface area contributed by atoms with Gasteiger partial charge in [0.1, 0.15) is 24.4 Å². The lowest BCUT2D eigenvalue weighted by atomic mass is 10.0. The van der Waals surface area contributed by atoms with Crippen molar-refractivity contribution in [3.05, 3.63) is 0 Å². The van der Waals surface area contributed by atoms with E-state index >= 15 is 0 Å². The molecule has 0 fully saturated rings. The van der Waals surface area contributed by atoms with Gasteiger partial charge in [0.2, 0.25) is 0 Å². The van der Waals surface area contributed by atoms with Crippen LogP contribution in [0.1, 0.15) is 0 Å². The molecule has 122 valence electrons. The quantitative estimate of drug-likeness (QED) is 0.308. The first kappa shape index (κ1) is 19.7. The maximum absolute atomic E-state index is 10.7. The molecule has 0 aromatic rings. The van der Waals surface area contributed by atoms with Crippen LogP contribution < -0.4 is 0 Å². The van der Waals surface area contributed by atoms with E-state index < -0.39 is 57.9 Å². The Bertz CT molecular complexity index is 437. The van der Waals surface area contributed by atoms with Crippen LogP contribution >= 0.6 is 0 Å². The summed E-state index contributed by atoms with van der Waals surface area (Å²) in [6.07, 6.45) is -6.11. The van der Waals surface area contributed by atoms with Crippen molar-refractivity contribution in [1.82, 2.24) is 0 Å². The van der Waals surface area contributed by atoms with Crippen molar-refractivity contribution in [1.29, 1.82) is 0 Å². The summed E-state index contributed by atoms with van der Waals surface area (Å²) in [6.45, 7) is -1.67. The van der Waals surface area contributed by atoms with E-state index in [9.17, 15) is 37.3 Å².